The summed E-state index contributed by atoms with van der Waals surface area (Å²) < 4.78 is 2.04. The molecule has 2 rings (SSSR count). The Balaban J connectivity index is 2.03. The summed E-state index contributed by atoms with van der Waals surface area (Å²) in [5, 5.41) is 8.09. The zero-order valence-corrected chi connectivity index (χ0v) is 12.8. The van der Waals surface area contributed by atoms with Crippen molar-refractivity contribution in [2.45, 2.75) is 71.9 Å². The highest BCUT2D eigenvalue weighted by molar-refractivity contribution is 5.09. The van der Waals surface area contributed by atoms with Gasteiger partial charge in [-0.2, -0.15) is 5.10 Å². The highest BCUT2D eigenvalue weighted by atomic mass is 15.3. The predicted octanol–water partition coefficient (Wildman–Crippen LogP) is 3.39. The monoisotopic (exact) mass is 263 g/mol. The Morgan fingerprint density at radius 2 is 2.05 bits per heavy atom. The molecule has 0 unspecified atom stereocenters. The summed E-state index contributed by atoms with van der Waals surface area (Å²) in [4.78, 5) is 0. The average Bonchev–Trinajstić information content (AvgIpc) is 2.85. The summed E-state index contributed by atoms with van der Waals surface area (Å²) in [6.45, 7) is 8.75. The molecule has 0 aromatic carbocycles. The lowest BCUT2D eigenvalue weighted by atomic mass is 9.70. The first-order chi connectivity index (χ1) is 9.13. The van der Waals surface area contributed by atoms with Crippen molar-refractivity contribution in [1.29, 1.82) is 0 Å². The number of aryl methyl sites for hydroxylation is 1. The minimum Gasteiger partial charge on any atom is -0.314 e. The van der Waals surface area contributed by atoms with Crippen LogP contribution in [0.2, 0.25) is 0 Å². The van der Waals surface area contributed by atoms with Crippen molar-refractivity contribution < 1.29 is 0 Å². The van der Waals surface area contributed by atoms with Gasteiger partial charge in [0.2, 0.25) is 0 Å². The largest absolute Gasteiger partial charge is 0.314 e. The Morgan fingerprint density at radius 3 is 2.63 bits per heavy atom. The molecule has 1 fully saturated rings. The molecule has 0 bridgehead atoms. The molecular weight excluding hydrogens is 234 g/mol. The maximum absolute atomic E-state index is 4.42. The summed E-state index contributed by atoms with van der Waals surface area (Å²) in [6.07, 6.45) is 12.4. The van der Waals surface area contributed by atoms with Crippen LogP contribution in [0, 0.1) is 5.41 Å². The molecule has 1 heterocycles. The Hall–Kier alpha value is -0.830. The van der Waals surface area contributed by atoms with Crippen LogP contribution in [0.1, 0.15) is 58.4 Å². The van der Waals surface area contributed by atoms with Gasteiger partial charge in [-0.15, -0.1) is 0 Å². The van der Waals surface area contributed by atoms with Gasteiger partial charge in [0.05, 0.1) is 6.20 Å². The fourth-order valence-corrected chi connectivity index (χ4v) is 3.24. The molecule has 1 aromatic rings. The fourth-order valence-electron chi connectivity index (χ4n) is 3.24. The van der Waals surface area contributed by atoms with Crippen LogP contribution in [-0.2, 0) is 13.0 Å². The number of rotatable bonds is 6. The number of hydrogen-bond donors (Lipinski definition) is 1. The van der Waals surface area contributed by atoms with E-state index in [2.05, 4.69) is 43.6 Å². The van der Waals surface area contributed by atoms with Crippen LogP contribution in [0.3, 0.4) is 0 Å². The van der Waals surface area contributed by atoms with E-state index in [0.29, 0.717) is 11.5 Å². The van der Waals surface area contributed by atoms with E-state index in [-0.39, 0.29) is 0 Å². The first-order valence-electron chi connectivity index (χ1n) is 7.88. The lowest BCUT2D eigenvalue weighted by Crippen LogP contribution is -2.40. The van der Waals surface area contributed by atoms with E-state index in [1.165, 1.54) is 44.1 Å². The molecule has 0 saturated heterocycles. The molecule has 0 atom stereocenters. The van der Waals surface area contributed by atoms with Gasteiger partial charge in [0, 0.05) is 25.3 Å². The zero-order valence-electron chi connectivity index (χ0n) is 12.8. The average molecular weight is 263 g/mol. The molecule has 1 N–H and O–H groups in total. The third-order valence-corrected chi connectivity index (χ3v) is 4.39. The second-order valence-corrected chi connectivity index (χ2v) is 6.48. The van der Waals surface area contributed by atoms with E-state index in [1.807, 2.05) is 4.68 Å². The van der Waals surface area contributed by atoms with Gasteiger partial charge in [-0.05, 0) is 37.2 Å². The van der Waals surface area contributed by atoms with Gasteiger partial charge in [0.25, 0.3) is 0 Å². The summed E-state index contributed by atoms with van der Waals surface area (Å²) in [6, 6.07) is 0.581. The van der Waals surface area contributed by atoms with Crippen molar-refractivity contribution in [1.82, 2.24) is 15.1 Å². The van der Waals surface area contributed by atoms with Crippen molar-refractivity contribution in [3.63, 3.8) is 0 Å². The van der Waals surface area contributed by atoms with Crippen molar-refractivity contribution >= 4 is 0 Å². The SMILES string of the molecule is CCn1cc(CC2(CNC(C)C)CCCCC2)cn1. The van der Waals surface area contributed by atoms with Crippen molar-refractivity contribution in [3.05, 3.63) is 18.0 Å². The first-order valence-corrected chi connectivity index (χ1v) is 7.88. The molecule has 3 nitrogen and oxygen atoms in total. The Kier molecular flexibility index (Phi) is 5.03. The number of nitrogens with zero attached hydrogens (tertiary/aromatic N) is 2. The smallest absolute Gasteiger partial charge is 0.0521 e. The van der Waals surface area contributed by atoms with E-state index < -0.39 is 0 Å². The van der Waals surface area contributed by atoms with E-state index >= 15 is 0 Å². The van der Waals surface area contributed by atoms with Crippen LogP contribution in [0.25, 0.3) is 0 Å². The molecule has 1 aromatic heterocycles. The molecule has 19 heavy (non-hydrogen) atoms. The van der Waals surface area contributed by atoms with Gasteiger partial charge < -0.3 is 5.32 Å². The third-order valence-electron chi connectivity index (χ3n) is 4.39. The third kappa shape index (κ3) is 4.07. The maximum Gasteiger partial charge on any atom is 0.0521 e. The molecule has 0 spiro atoms. The van der Waals surface area contributed by atoms with Gasteiger partial charge >= 0.3 is 0 Å². The molecule has 1 saturated carbocycles. The van der Waals surface area contributed by atoms with Gasteiger partial charge in [0.15, 0.2) is 0 Å². The molecule has 0 radical (unpaired) electrons. The highest BCUT2D eigenvalue weighted by Crippen LogP contribution is 2.38. The molecule has 0 amide bonds. The van der Waals surface area contributed by atoms with Crippen molar-refractivity contribution in [2.75, 3.05) is 6.54 Å². The Bertz CT molecular complexity index is 375. The number of aromatic nitrogens is 2. The quantitative estimate of drug-likeness (QED) is 0.852. The molecule has 108 valence electrons. The van der Waals surface area contributed by atoms with Crippen LogP contribution in [0.5, 0.6) is 0 Å². The second-order valence-electron chi connectivity index (χ2n) is 6.48. The van der Waals surface area contributed by atoms with Crippen LogP contribution < -0.4 is 5.32 Å². The number of nitrogens with one attached hydrogen (secondary N) is 1. The van der Waals surface area contributed by atoms with E-state index in [4.69, 9.17) is 0 Å². The Morgan fingerprint density at radius 1 is 1.32 bits per heavy atom. The van der Waals surface area contributed by atoms with Gasteiger partial charge in [-0.3, -0.25) is 4.68 Å². The summed E-state index contributed by atoms with van der Waals surface area (Å²) in [5.41, 5.74) is 1.87. The number of hydrogen-bond acceptors (Lipinski definition) is 2. The predicted molar refractivity (Wildman–Crippen MR) is 80.3 cm³/mol. The molecule has 1 aliphatic carbocycles. The van der Waals surface area contributed by atoms with Crippen molar-refractivity contribution in [2.24, 2.45) is 5.41 Å². The molecule has 0 aliphatic heterocycles. The first kappa shape index (κ1) is 14.6. The normalized spacial score (nSPS) is 18.9. The van der Waals surface area contributed by atoms with Gasteiger partial charge in [-0.1, -0.05) is 33.1 Å². The minimum atomic E-state index is 0.462. The summed E-state index contributed by atoms with van der Waals surface area (Å²) >= 11 is 0. The van der Waals surface area contributed by atoms with E-state index in [0.717, 1.165) is 13.1 Å². The van der Waals surface area contributed by atoms with Gasteiger partial charge in [0.1, 0.15) is 0 Å². The summed E-state index contributed by atoms with van der Waals surface area (Å²) in [5.74, 6) is 0. The molecule has 1 aliphatic rings. The van der Waals surface area contributed by atoms with Crippen LogP contribution in [-0.4, -0.2) is 22.4 Å². The molecular formula is C16H29N3. The maximum atomic E-state index is 4.42. The van der Waals surface area contributed by atoms with Gasteiger partial charge in [-0.25, -0.2) is 0 Å². The van der Waals surface area contributed by atoms with Crippen LogP contribution in [0.4, 0.5) is 0 Å². The second kappa shape index (κ2) is 6.56. The van der Waals surface area contributed by atoms with Crippen LogP contribution in [0.15, 0.2) is 12.4 Å². The lowest BCUT2D eigenvalue weighted by molar-refractivity contribution is 0.176. The van der Waals surface area contributed by atoms with Crippen molar-refractivity contribution in [3.8, 4) is 0 Å². The summed E-state index contributed by atoms with van der Waals surface area (Å²) in [7, 11) is 0. The van der Waals surface area contributed by atoms with E-state index in [1.54, 1.807) is 0 Å². The van der Waals surface area contributed by atoms with E-state index in [9.17, 15) is 0 Å². The lowest BCUT2D eigenvalue weighted by Gasteiger charge is -2.38. The fraction of sp³-hybridized carbons (Fsp3) is 0.812. The zero-order chi connectivity index (χ0) is 13.7. The molecule has 3 heteroatoms. The Labute approximate surface area is 117 Å². The highest BCUT2D eigenvalue weighted by Gasteiger charge is 2.32. The minimum absolute atomic E-state index is 0.462. The topological polar surface area (TPSA) is 29.9 Å². The standard InChI is InChI=1S/C16H29N3/c1-4-19-12-15(11-18-19)10-16(13-17-14(2)3)8-6-5-7-9-16/h11-12,14,17H,4-10,13H2,1-3H3. The van der Waals surface area contributed by atoms with Crippen LogP contribution >= 0.6 is 0 Å².